The van der Waals surface area contributed by atoms with Gasteiger partial charge in [0.25, 0.3) is 11.8 Å². The third kappa shape index (κ3) is 4.94. The lowest BCUT2D eigenvalue weighted by Gasteiger charge is -2.18. The van der Waals surface area contributed by atoms with Gasteiger partial charge in [-0.25, -0.2) is 4.79 Å². The first kappa shape index (κ1) is 21.9. The van der Waals surface area contributed by atoms with Gasteiger partial charge < -0.3 is 25.3 Å². The average molecular weight is 457 g/mol. The number of esters is 1. The maximum absolute atomic E-state index is 12.3. The van der Waals surface area contributed by atoms with Crippen LogP contribution in [0.3, 0.4) is 0 Å². The molecule has 2 heterocycles. The number of nitrogens with one attached hydrogen (secondary N) is 1. The van der Waals surface area contributed by atoms with Crippen LogP contribution in [0.4, 0.5) is 5.00 Å². The van der Waals surface area contributed by atoms with E-state index < -0.39 is 24.4 Å². The summed E-state index contributed by atoms with van der Waals surface area (Å²) in [5.74, 6) is 0.0425. The quantitative estimate of drug-likeness (QED) is 0.510. The minimum absolute atomic E-state index is 0.370. The first-order valence-electron chi connectivity index (χ1n) is 10.4. The first-order valence-corrected chi connectivity index (χ1v) is 11.2. The van der Waals surface area contributed by atoms with Crippen LogP contribution < -0.4 is 20.5 Å². The Morgan fingerprint density at radius 3 is 2.81 bits per heavy atom. The van der Waals surface area contributed by atoms with Crippen molar-refractivity contribution >= 4 is 40.2 Å². The Balaban J connectivity index is 1.34. The van der Waals surface area contributed by atoms with Gasteiger partial charge in [-0.1, -0.05) is 13.0 Å². The van der Waals surface area contributed by atoms with E-state index in [1.807, 2.05) is 0 Å². The predicted molar refractivity (Wildman–Crippen MR) is 120 cm³/mol. The molecule has 1 aromatic carbocycles. The number of carbonyl (C=O) groups excluding carboxylic acids is 3. The molecule has 3 N–H and O–H groups in total. The summed E-state index contributed by atoms with van der Waals surface area (Å²) in [5.41, 5.74) is 7.59. The molecule has 0 fully saturated rings. The van der Waals surface area contributed by atoms with E-state index in [0.717, 1.165) is 35.3 Å². The number of hydrogen-bond donors (Lipinski definition) is 2. The van der Waals surface area contributed by atoms with E-state index in [-0.39, 0.29) is 0 Å². The van der Waals surface area contributed by atoms with Crippen molar-refractivity contribution in [3.05, 3.63) is 45.8 Å². The zero-order valence-electron chi connectivity index (χ0n) is 17.6. The molecule has 0 saturated heterocycles. The van der Waals surface area contributed by atoms with E-state index in [9.17, 15) is 14.4 Å². The van der Waals surface area contributed by atoms with Gasteiger partial charge in [-0.15, -0.1) is 11.3 Å². The van der Waals surface area contributed by atoms with Crippen LogP contribution >= 0.6 is 11.3 Å². The van der Waals surface area contributed by atoms with Gasteiger partial charge in [0, 0.05) is 11.0 Å². The summed E-state index contributed by atoms with van der Waals surface area (Å²) in [5, 5.41) is 3.10. The number of anilines is 1. The summed E-state index contributed by atoms with van der Waals surface area (Å²) in [6, 6.07) is 5.31. The second kappa shape index (κ2) is 9.44. The molecule has 168 valence electrons. The van der Waals surface area contributed by atoms with E-state index in [1.54, 1.807) is 24.3 Å². The van der Waals surface area contributed by atoms with Crippen molar-refractivity contribution in [2.24, 2.45) is 11.7 Å². The van der Waals surface area contributed by atoms with E-state index in [1.165, 1.54) is 17.4 Å². The largest absolute Gasteiger partial charge is 0.486 e. The highest BCUT2D eigenvalue weighted by molar-refractivity contribution is 7.17. The summed E-state index contributed by atoms with van der Waals surface area (Å²) in [4.78, 5) is 37.4. The number of rotatable bonds is 6. The lowest BCUT2D eigenvalue weighted by atomic mass is 9.88. The standard InChI is InChI=1S/C23H24N2O6S/c1-13-2-5-15-18(10-13)32-23(21(15)22(24)28)25-19(26)12-31-20(27)7-4-14-3-6-16-17(11-14)30-9-8-29-16/h3-4,6-7,11,13H,2,5,8-10,12H2,1H3,(H2,24,28)(H,25,26). The van der Waals surface area contributed by atoms with E-state index in [0.29, 0.717) is 41.2 Å². The fourth-order valence-corrected chi connectivity index (χ4v) is 5.21. The van der Waals surface area contributed by atoms with Crippen molar-refractivity contribution in [3.63, 3.8) is 0 Å². The Morgan fingerprint density at radius 2 is 2.03 bits per heavy atom. The zero-order valence-corrected chi connectivity index (χ0v) is 18.5. The number of primary amides is 1. The third-order valence-corrected chi connectivity index (χ3v) is 6.50. The fraction of sp³-hybridized carbons (Fsp3) is 0.348. The van der Waals surface area contributed by atoms with Crippen LogP contribution in [0.15, 0.2) is 24.3 Å². The Labute approximate surface area is 189 Å². The number of ether oxygens (including phenoxy) is 3. The maximum atomic E-state index is 12.3. The number of hydrogen-bond acceptors (Lipinski definition) is 7. The average Bonchev–Trinajstić information content (AvgIpc) is 3.13. The number of benzene rings is 1. The van der Waals surface area contributed by atoms with Crippen molar-refractivity contribution in [3.8, 4) is 11.5 Å². The van der Waals surface area contributed by atoms with Crippen molar-refractivity contribution in [1.82, 2.24) is 0 Å². The smallest absolute Gasteiger partial charge is 0.331 e. The molecule has 8 nitrogen and oxygen atoms in total. The molecule has 2 amide bonds. The van der Waals surface area contributed by atoms with Gasteiger partial charge >= 0.3 is 5.97 Å². The third-order valence-electron chi connectivity index (χ3n) is 5.33. The monoisotopic (exact) mass is 456 g/mol. The molecule has 1 aliphatic heterocycles. The molecule has 4 rings (SSSR count). The molecular formula is C23H24N2O6S. The number of amides is 2. The molecule has 2 aromatic rings. The molecular weight excluding hydrogens is 432 g/mol. The first-order chi connectivity index (χ1) is 15.4. The highest BCUT2D eigenvalue weighted by Gasteiger charge is 2.27. The van der Waals surface area contributed by atoms with Gasteiger partial charge in [-0.3, -0.25) is 9.59 Å². The second-order valence-electron chi connectivity index (χ2n) is 7.81. The van der Waals surface area contributed by atoms with Crippen LogP contribution in [0, 0.1) is 5.92 Å². The fourth-order valence-electron chi connectivity index (χ4n) is 3.77. The lowest BCUT2D eigenvalue weighted by molar-refractivity contribution is -0.142. The topological polar surface area (TPSA) is 117 Å². The van der Waals surface area contributed by atoms with Crippen LogP contribution in [-0.4, -0.2) is 37.6 Å². The van der Waals surface area contributed by atoms with Crippen LogP contribution in [0.5, 0.6) is 11.5 Å². The van der Waals surface area contributed by atoms with Crippen LogP contribution in [0.25, 0.3) is 6.08 Å². The number of nitrogens with two attached hydrogens (primary N) is 1. The molecule has 0 spiro atoms. The molecule has 1 unspecified atom stereocenters. The van der Waals surface area contributed by atoms with Gasteiger partial charge in [0.1, 0.15) is 18.2 Å². The molecule has 0 saturated carbocycles. The zero-order chi connectivity index (χ0) is 22.7. The maximum Gasteiger partial charge on any atom is 0.331 e. The molecule has 0 bridgehead atoms. The van der Waals surface area contributed by atoms with Crippen LogP contribution in [0.2, 0.25) is 0 Å². The minimum atomic E-state index is -0.663. The summed E-state index contributed by atoms with van der Waals surface area (Å²) in [6.07, 6.45) is 5.40. The molecule has 0 radical (unpaired) electrons. The summed E-state index contributed by atoms with van der Waals surface area (Å²) in [6.45, 7) is 2.66. The molecule has 9 heteroatoms. The predicted octanol–water partition coefficient (Wildman–Crippen LogP) is 2.94. The van der Waals surface area contributed by atoms with Crippen molar-refractivity contribution < 1.29 is 28.6 Å². The minimum Gasteiger partial charge on any atom is -0.486 e. The van der Waals surface area contributed by atoms with Gasteiger partial charge in [0.2, 0.25) is 0 Å². The van der Waals surface area contributed by atoms with Gasteiger partial charge in [0.05, 0.1) is 5.56 Å². The molecule has 32 heavy (non-hydrogen) atoms. The number of fused-ring (bicyclic) bond motifs is 2. The molecule has 1 atom stereocenters. The summed E-state index contributed by atoms with van der Waals surface area (Å²) < 4.78 is 16.0. The highest BCUT2D eigenvalue weighted by Crippen LogP contribution is 2.39. The number of carbonyl (C=O) groups is 3. The SMILES string of the molecule is CC1CCc2c(sc(NC(=O)COC(=O)C=Cc3ccc4c(c3)OCCO4)c2C(N)=O)C1. The number of thiophene rings is 1. The van der Waals surface area contributed by atoms with Crippen LogP contribution in [-0.2, 0) is 27.2 Å². The van der Waals surface area contributed by atoms with Gasteiger partial charge in [0.15, 0.2) is 18.1 Å². The summed E-state index contributed by atoms with van der Waals surface area (Å²) in [7, 11) is 0. The van der Waals surface area contributed by atoms with Crippen molar-refractivity contribution in [1.29, 1.82) is 0 Å². The molecule has 1 aromatic heterocycles. The van der Waals surface area contributed by atoms with Crippen molar-refractivity contribution in [2.45, 2.75) is 26.2 Å². The molecule has 1 aliphatic carbocycles. The van der Waals surface area contributed by atoms with Gasteiger partial charge in [-0.2, -0.15) is 0 Å². The Hall–Kier alpha value is -3.33. The van der Waals surface area contributed by atoms with E-state index in [4.69, 9.17) is 19.9 Å². The normalized spacial score (nSPS) is 17.0. The highest BCUT2D eigenvalue weighted by atomic mass is 32.1. The van der Waals surface area contributed by atoms with Crippen LogP contribution in [0.1, 0.15) is 39.7 Å². The van der Waals surface area contributed by atoms with E-state index in [2.05, 4.69) is 12.2 Å². The Bertz CT molecular complexity index is 1090. The lowest BCUT2D eigenvalue weighted by Crippen LogP contribution is -2.22. The summed E-state index contributed by atoms with van der Waals surface area (Å²) >= 11 is 1.37. The second-order valence-corrected chi connectivity index (χ2v) is 8.92. The van der Waals surface area contributed by atoms with E-state index >= 15 is 0 Å². The molecule has 2 aliphatic rings. The van der Waals surface area contributed by atoms with Gasteiger partial charge in [-0.05, 0) is 54.5 Å². The Morgan fingerprint density at radius 1 is 1.25 bits per heavy atom. The Kier molecular flexibility index (Phi) is 6.45. The van der Waals surface area contributed by atoms with Crippen molar-refractivity contribution in [2.75, 3.05) is 25.1 Å².